The molecule has 0 aliphatic heterocycles. The summed E-state index contributed by atoms with van der Waals surface area (Å²) in [5.41, 5.74) is 0.997. The third kappa shape index (κ3) is 2.67. The van der Waals surface area contributed by atoms with Gasteiger partial charge in [-0.2, -0.15) is 0 Å². The molecule has 0 heterocycles. The largest absolute Gasteiger partial charge is 0.383 e. The predicted molar refractivity (Wildman–Crippen MR) is 73.1 cm³/mol. The molecule has 0 aromatic heterocycles. The van der Waals surface area contributed by atoms with Crippen LogP contribution < -0.4 is 10.0 Å². The van der Waals surface area contributed by atoms with Gasteiger partial charge in [-0.05, 0) is 37.4 Å². The lowest BCUT2D eigenvalue weighted by molar-refractivity contribution is 0.180. The molecule has 0 bridgehead atoms. The molecular weight excluding hydrogens is 248 g/mol. The van der Waals surface area contributed by atoms with Crippen molar-refractivity contribution in [3.63, 3.8) is 0 Å². The first kappa shape index (κ1) is 13.4. The fourth-order valence-electron chi connectivity index (χ4n) is 2.22. The Morgan fingerprint density at radius 1 is 1.28 bits per heavy atom. The van der Waals surface area contributed by atoms with Gasteiger partial charge >= 0.3 is 0 Å². The second kappa shape index (κ2) is 4.90. The van der Waals surface area contributed by atoms with Gasteiger partial charge in [0.15, 0.2) is 0 Å². The topological polar surface area (TPSA) is 58.2 Å². The minimum Gasteiger partial charge on any atom is -0.383 e. The Morgan fingerprint density at radius 3 is 2.50 bits per heavy atom. The lowest BCUT2D eigenvalue weighted by atomic mass is 9.70. The van der Waals surface area contributed by atoms with E-state index in [0.717, 1.165) is 6.54 Å². The number of anilines is 1. The van der Waals surface area contributed by atoms with Crippen molar-refractivity contribution < 1.29 is 8.42 Å². The second-order valence-electron chi connectivity index (χ2n) is 5.22. The molecule has 2 rings (SSSR count). The van der Waals surface area contributed by atoms with E-state index in [1.54, 1.807) is 12.1 Å². The van der Waals surface area contributed by atoms with Gasteiger partial charge in [-0.1, -0.05) is 25.5 Å². The van der Waals surface area contributed by atoms with Gasteiger partial charge in [0.05, 0.1) is 5.69 Å². The van der Waals surface area contributed by atoms with Crippen LogP contribution in [-0.4, -0.2) is 22.0 Å². The second-order valence-corrected chi connectivity index (χ2v) is 7.08. The first-order chi connectivity index (χ1) is 8.47. The molecule has 0 radical (unpaired) electrons. The molecule has 100 valence electrons. The zero-order valence-corrected chi connectivity index (χ0v) is 11.7. The number of sulfonamides is 1. The van der Waals surface area contributed by atoms with Crippen molar-refractivity contribution in [3.8, 4) is 0 Å². The number of benzene rings is 1. The zero-order chi connectivity index (χ0) is 13.2. The first-order valence-electron chi connectivity index (χ1n) is 6.23. The average Bonchev–Trinajstić information content (AvgIpc) is 2.34. The molecule has 2 N–H and O–H groups in total. The highest BCUT2D eigenvalue weighted by atomic mass is 32.2. The summed E-state index contributed by atoms with van der Waals surface area (Å²) in [7, 11) is -1.97. The van der Waals surface area contributed by atoms with Gasteiger partial charge in [0.25, 0.3) is 0 Å². The fraction of sp³-hybridized carbons (Fsp3) is 0.538. The van der Waals surface area contributed by atoms with Crippen LogP contribution >= 0.6 is 0 Å². The van der Waals surface area contributed by atoms with Crippen LogP contribution in [0.4, 0.5) is 5.69 Å². The van der Waals surface area contributed by atoms with Crippen molar-refractivity contribution in [3.05, 3.63) is 24.3 Å². The zero-order valence-electron chi connectivity index (χ0n) is 10.9. The van der Waals surface area contributed by atoms with Crippen LogP contribution in [0.3, 0.4) is 0 Å². The standard InChI is InChI=1S/C13H20N2O2S/c1-13(8-5-9-13)10-15-11-6-3-4-7-12(11)18(16,17)14-2/h3-4,6-7,14-15H,5,8-10H2,1-2H3. The molecule has 1 aliphatic rings. The minimum absolute atomic E-state index is 0.315. The van der Waals surface area contributed by atoms with E-state index >= 15 is 0 Å². The lowest BCUT2D eigenvalue weighted by Crippen LogP contribution is -2.33. The molecule has 5 heteroatoms. The summed E-state index contributed by atoms with van der Waals surface area (Å²) in [5.74, 6) is 0. The maximum absolute atomic E-state index is 11.9. The molecule has 1 saturated carbocycles. The van der Waals surface area contributed by atoms with Crippen LogP contribution in [0.15, 0.2) is 29.2 Å². The Morgan fingerprint density at radius 2 is 1.94 bits per heavy atom. The van der Waals surface area contributed by atoms with Crippen LogP contribution in [0.2, 0.25) is 0 Å². The summed E-state index contributed by atoms with van der Waals surface area (Å²) in [6, 6.07) is 7.02. The van der Waals surface area contributed by atoms with Crippen molar-refractivity contribution in [2.45, 2.75) is 31.1 Å². The van der Waals surface area contributed by atoms with E-state index in [2.05, 4.69) is 17.0 Å². The summed E-state index contributed by atoms with van der Waals surface area (Å²) in [6.07, 6.45) is 3.69. The van der Waals surface area contributed by atoms with E-state index in [1.165, 1.54) is 26.3 Å². The van der Waals surface area contributed by atoms with Crippen LogP contribution in [0.1, 0.15) is 26.2 Å². The Labute approximate surface area is 109 Å². The third-order valence-corrected chi connectivity index (χ3v) is 5.18. The summed E-state index contributed by atoms with van der Waals surface area (Å²) in [5, 5.41) is 3.28. The molecule has 18 heavy (non-hydrogen) atoms. The monoisotopic (exact) mass is 268 g/mol. The fourth-order valence-corrected chi connectivity index (χ4v) is 3.13. The summed E-state index contributed by atoms with van der Waals surface area (Å²) in [4.78, 5) is 0.315. The van der Waals surface area contributed by atoms with Gasteiger partial charge in [0, 0.05) is 6.54 Å². The first-order valence-corrected chi connectivity index (χ1v) is 7.72. The van der Waals surface area contributed by atoms with E-state index in [0.29, 0.717) is 16.0 Å². The molecule has 0 atom stereocenters. The molecule has 0 spiro atoms. The Hall–Kier alpha value is -1.07. The third-order valence-electron chi connectivity index (χ3n) is 3.71. The van der Waals surface area contributed by atoms with Gasteiger partial charge in [0.1, 0.15) is 4.90 Å². The summed E-state index contributed by atoms with van der Waals surface area (Å²) in [6.45, 7) is 3.06. The SMILES string of the molecule is CNS(=O)(=O)c1ccccc1NCC1(C)CCC1. The maximum atomic E-state index is 11.9. The number of hydrogen-bond acceptors (Lipinski definition) is 3. The van der Waals surface area contributed by atoms with Gasteiger partial charge in [-0.15, -0.1) is 0 Å². The van der Waals surface area contributed by atoms with Crippen molar-refractivity contribution >= 4 is 15.7 Å². The summed E-state index contributed by atoms with van der Waals surface area (Å²) < 4.78 is 26.1. The number of nitrogens with one attached hydrogen (secondary N) is 2. The molecule has 4 nitrogen and oxygen atoms in total. The van der Waals surface area contributed by atoms with Gasteiger partial charge in [-0.25, -0.2) is 13.1 Å². The molecule has 0 unspecified atom stereocenters. The highest BCUT2D eigenvalue weighted by Crippen LogP contribution is 2.40. The normalized spacial score (nSPS) is 18.1. The number of rotatable bonds is 5. The van der Waals surface area contributed by atoms with E-state index in [-0.39, 0.29) is 0 Å². The number of hydrogen-bond donors (Lipinski definition) is 2. The average molecular weight is 268 g/mol. The van der Waals surface area contributed by atoms with Crippen LogP contribution in [-0.2, 0) is 10.0 Å². The highest BCUT2D eigenvalue weighted by Gasteiger charge is 2.31. The van der Waals surface area contributed by atoms with Gasteiger partial charge in [0.2, 0.25) is 10.0 Å². The molecule has 0 amide bonds. The van der Waals surface area contributed by atoms with Crippen LogP contribution in [0.25, 0.3) is 0 Å². The van der Waals surface area contributed by atoms with Crippen LogP contribution in [0, 0.1) is 5.41 Å². The van der Waals surface area contributed by atoms with Crippen molar-refractivity contribution in [1.82, 2.24) is 4.72 Å². The van der Waals surface area contributed by atoms with Gasteiger partial charge < -0.3 is 5.32 Å². The van der Waals surface area contributed by atoms with Crippen LogP contribution in [0.5, 0.6) is 0 Å². The van der Waals surface area contributed by atoms with E-state index in [1.807, 2.05) is 12.1 Å². The van der Waals surface area contributed by atoms with Crippen molar-refractivity contribution in [2.24, 2.45) is 5.41 Å². The molecule has 0 saturated heterocycles. The Balaban J connectivity index is 2.18. The quantitative estimate of drug-likeness (QED) is 0.860. The predicted octanol–water partition coefficient (Wildman–Crippen LogP) is 2.20. The minimum atomic E-state index is -3.40. The molecular formula is C13H20N2O2S. The maximum Gasteiger partial charge on any atom is 0.242 e. The van der Waals surface area contributed by atoms with E-state index in [9.17, 15) is 8.42 Å². The van der Waals surface area contributed by atoms with Crippen molar-refractivity contribution in [1.29, 1.82) is 0 Å². The molecule has 1 aliphatic carbocycles. The summed E-state index contributed by atoms with van der Waals surface area (Å²) >= 11 is 0. The molecule has 1 aromatic rings. The lowest BCUT2D eigenvalue weighted by Gasteiger charge is -2.38. The highest BCUT2D eigenvalue weighted by molar-refractivity contribution is 7.89. The van der Waals surface area contributed by atoms with Crippen molar-refractivity contribution in [2.75, 3.05) is 18.9 Å². The van der Waals surface area contributed by atoms with E-state index < -0.39 is 10.0 Å². The van der Waals surface area contributed by atoms with E-state index in [4.69, 9.17) is 0 Å². The van der Waals surface area contributed by atoms with Gasteiger partial charge in [-0.3, -0.25) is 0 Å². The Kier molecular flexibility index (Phi) is 3.64. The smallest absolute Gasteiger partial charge is 0.242 e. The number of para-hydroxylation sites is 1. The molecule has 1 fully saturated rings. The molecule has 1 aromatic carbocycles. The Bertz CT molecular complexity index is 522.